The molecule has 2 heterocycles. The molecule has 0 bridgehead atoms. The molecule has 3 aromatic rings. The van der Waals surface area contributed by atoms with Crippen molar-refractivity contribution in [1.82, 2.24) is 14.9 Å². The zero-order valence-electron chi connectivity index (χ0n) is 18.2. The van der Waals surface area contributed by atoms with Gasteiger partial charge in [0, 0.05) is 63.2 Å². The minimum Gasteiger partial charge on any atom is -0.497 e. The molecule has 1 aliphatic heterocycles. The SMILES string of the molecule is COc1cccc(-c2cc(N3CCN(C(=O)c4cccc(N(C)C)c4)CC3)ncn2)c1. The Hall–Kier alpha value is -3.61. The molecular formula is C24H27N5O2. The predicted molar refractivity (Wildman–Crippen MR) is 123 cm³/mol. The van der Waals surface area contributed by atoms with E-state index in [4.69, 9.17) is 4.74 Å². The van der Waals surface area contributed by atoms with Gasteiger partial charge in [0.05, 0.1) is 12.8 Å². The topological polar surface area (TPSA) is 61.8 Å². The number of rotatable bonds is 5. The molecule has 0 saturated carbocycles. The lowest BCUT2D eigenvalue weighted by Crippen LogP contribution is -2.49. The summed E-state index contributed by atoms with van der Waals surface area (Å²) in [7, 11) is 5.61. The second kappa shape index (κ2) is 9.04. The Kier molecular flexibility index (Phi) is 6.02. The first-order valence-electron chi connectivity index (χ1n) is 10.3. The van der Waals surface area contributed by atoms with Gasteiger partial charge < -0.3 is 19.4 Å². The van der Waals surface area contributed by atoms with Gasteiger partial charge in [-0.2, -0.15) is 0 Å². The van der Waals surface area contributed by atoms with Gasteiger partial charge in [-0.05, 0) is 30.3 Å². The van der Waals surface area contributed by atoms with Crippen molar-refractivity contribution in [2.75, 3.05) is 57.2 Å². The Bertz CT molecular complexity index is 1060. The van der Waals surface area contributed by atoms with Gasteiger partial charge in [0.2, 0.25) is 0 Å². The van der Waals surface area contributed by atoms with Gasteiger partial charge in [0.15, 0.2) is 0 Å². The van der Waals surface area contributed by atoms with Crippen LogP contribution in [-0.4, -0.2) is 68.2 Å². The number of anilines is 2. The van der Waals surface area contributed by atoms with Crippen molar-refractivity contribution in [3.63, 3.8) is 0 Å². The summed E-state index contributed by atoms with van der Waals surface area (Å²) in [6.07, 6.45) is 1.59. The number of benzene rings is 2. The van der Waals surface area contributed by atoms with E-state index in [-0.39, 0.29) is 5.91 Å². The van der Waals surface area contributed by atoms with E-state index in [1.165, 1.54) is 0 Å². The van der Waals surface area contributed by atoms with Gasteiger partial charge in [0.25, 0.3) is 5.91 Å². The minimum absolute atomic E-state index is 0.0723. The van der Waals surface area contributed by atoms with E-state index in [0.29, 0.717) is 13.1 Å². The van der Waals surface area contributed by atoms with Crippen LogP contribution in [-0.2, 0) is 0 Å². The third-order valence-electron chi connectivity index (χ3n) is 5.52. The number of ether oxygens (including phenoxy) is 1. The summed E-state index contributed by atoms with van der Waals surface area (Å²) in [5.74, 6) is 1.74. The third kappa shape index (κ3) is 4.60. The van der Waals surface area contributed by atoms with Crippen LogP contribution >= 0.6 is 0 Å². The highest BCUT2D eigenvalue weighted by Crippen LogP contribution is 2.25. The molecule has 1 aliphatic rings. The molecule has 0 atom stereocenters. The quantitative estimate of drug-likeness (QED) is 0.636. The van der Waals surface area contributed by atoms with Crippen LogP contribution in [0.1, 0.15) is 10.4 Å². The first-order valence-corrected chi connectivity index (χ1v) is 10.3. The van der Waals surface area contributed by atoms with Crippen molar-refractivity contribution in [3.8, 4) is 17.0 Å². The molecule has 0 aliphatic carbocycles. The number of methoxy groups -OCH3 is 1. The van der Waals surface area contributed by atoms with Gasteiger partial charge in [-0.3, -0.25) is 4.79 Å². The van der Waals surface area contributed by atoms with Crippen LogP contribution in [0.25, 0.3) is 11.3 Å². The summed E-state index contributed by atoms with van der Waals surface area (Å²) in [4.78, 5) is 28.0. The van der Waals surface area contributed by atoms with Crippen LogP contribution in [0.3, 0.4) is 0 Å². The monoisotopic (exact) mass is 417 g/mol. The molecule has 1 saturated heterocycles. The molecule has 0 spiro atoms. The van der Waals surface area contributed by atoms with Crippen molar-refractivity contribution in [3.05, 3.63) is 66.5 Å². The summed E-state index contributed by atoms with van der Waals surface area (Å²) in [5, 5.41) is 0. The fourth-order valence-corrected chi connectivity index (χ4v) is 3.70. The molecule has 1 aromatic heterocycles. The zero-order valence-corrected chi connectivity index (χ0v) is 18.2. The molecule has 0 unspecified atom stereocenters. The van der Waals surface area contributed by atoms with E-state index in [2.05, 4.69) is 14.9 Å². The second-order valence-corrected chi connectivity index (χ2v) is 7.72. The van der Waals surface area contributed by atoms with Gasteiger partial charge in [-0.25, -0.2) is 9.97 Å². The number of carbonyl (C=O) groups excluding carboxylic acids is 1. The van der Waals surface area contributed by atoms with E-state index in [1.807, 2.05) is 78.5 Å². The van der Waals surface area contributed by atoms with Crippen molar-refractivity contribution >= 4 is 17.4 Å². The van der Waals surface area contributed by atoms with Crippen molar-refractivity contribution in [1.29, 1.82) is 0 Å². The maximum absolute atomic E-state index is 13.0. The number of hydrogen-bond donors (Lipinski definition) is 0. The van der Waals surface area contributed by atoms with Gasteiger partial charge in [0.1, 0.15) is 17.9 Å². The molecule has 31 heavy (non-hydrogen) atoms. The van der Waals surface area contributed by atoms with Crippen LogP contribution < -0.4 is 14.5 Å². The molecule has 0 radical (unpaired) electrons. The molecular weight excluding hydrogens is 390 g/mol. The smallest absolute Gasteiger partial charge is 0.254 e. The highest BCUT2D eigenvalue weighted by molar-refractivity contribution is 5.95. The van der Waals surface area contributed by atoms with E-state index < -0.39 is 0 Å². The Balaban J connectivity index is 1.44. The number of nitrogens with zero attached hydrogens (tertiary/aromatic N) is 5. The fourth-order valence-electron chi connectivity index (χ4n) is 3.70. The highest BCUT2D eigenvalue weighted by atomic mass is 16.5. The lowest BCUT2D eigenvalue weighted by Gasteiger charge is -2.35. The predicted octanol–water partition coefficient (Wildman–Crippen LogP) is 3.18. The van der Waals surface area contributed by atoms with Gasteiger partial charge in [-0.1, -0.05) is 18.2 Å². The maximum atomic E-state index is 13.0. The third-order valence-corrected chi connectivity index (χ3v) is 5.52. The minimum atomic E-state index is 0.0723. The molecule has 1 fully saturated rings. The van der Waals surface area contributed by atoms with Crippen molar-refractivity contribution in [2.45, 2.75) is 0 Å². The number of carbonyl (C=O) groups is 1. The van der Waals surface area contributed by atoms with Crippen molar-refractivity contribution in [2.24, 2.45) is 0 Å². The Morgan fingerprint density at radius 1 is 0.968 bits per heavy atom. The molecule has 2 aromatic carbocycles. The van der Waals surface area contributed by atoms with Crippen LogP contribution in [0.4, 0.5) is 11.5 Å². The van der Waals surface area contributed by atoms with Crippen LogP contribution in [0, 0.1) is 0 Å². The molecule has 1 amide bonds. The Morgan fingerprint density at radius 2 is 1.74 bits per heavy atom. The zero-order chi connectivity index (χ0) is 21.8. The summed E-state index contributed by atoms with van der Waals surface area (Å²) >= 11 is 0. The van der Waals surface area contributed by atoms with E-state index in [1.54, 1.807) is 13.4 Å². The Labute approximate surface area is 182 Å². The maximum Gasteiger partial charge on any atom is 0.254 e. The van der Waals surface area contributed by atoms with Gasteiger partial charge >= 0.3 is 0 Å². The van der Waals surface area contributed by atoms with Crippen LogP contribution in [0.15, 0.2) is 60.9 Å². The van der Waals surface area contributed by atoms with E-state index in [0.717, 1.165) is 47.2 Å². The number of hydrogen-bond acceptors (Lipinski definition) is 6. The molecule has 4 rings (SSSR count). The van der Waals surface area contributed by atoms with E-state index >= 15 is 0 Å². The second-order valence-electron chi connectivity index (χ2n) is 7.72. The van der Waals surface area contributed by atoms with E-state index in [9.17, 15) is 4.79 Å². The standard InChI is InChI=1S/C24H27N5O2/c1-27(2)20-8-4-7-19(14-20)24(30)29-12-10-28(11-13-29)23-16-22(25-17-26-23)18-6-5-9-21(15-18)31-3/h4-9,14-17H,10-13H2,1-3H3. The first-order chi connectivity index (χ1) is 15.0. The number of aromatic nitrogens is 2. The summed E-state index contributed by atoms with van der Waals surface area (Å²) in [5.41, 5.74) is 3.58. The van der Waals surface area contributed by atoms with Crippen molar-refractivity contribution < 1.29 is 9.53 Å². The molecule has 7 heteroatoms. The number of piperazine rings is 1. The highest BCUT2D eigenvalue weighted by Gasteiger charge is 2.23. The largest absolute Gasteiger partial charge is 0.497 e. The molecule has 0 N–H and O–H groups in total. The first kappa shape index (κ1) is 20.7. The summed E-state index contributed by atoms with van der Waals surface area (Å²) in [6.45, 7) is 2.77. The van der Waals surface area contributed by atoms with Gasteiger partial charge in [-0.15, -0.1) is 0 Å². The lowest BCUT2D eigenvalue weighted by molar-refractivity contribution is 0.0746. The fraction of sp³-hybridized carbons (Fsp3) is 0.292. The normalized spacial score (nSPS) is 13.8. The Morgan fingerprint density at radius 3 is 2.48 bits per heavy atom. The average molecular weight is 418 g/mol. The average Bonchev–Trinajstić information content (AvgIpc) is 2.84. The summed E-state index contributed by atoms with van der Waals surface area (Å²) in [6, 6.07) is 17.6. The molecule has 160 valence electrons. The number of amides is 1. The van der Waals surface area contributed by atoms with Crippen LogP contribution in [0.2, 0.25) is 0 Å². The summed E-state index contributed by atoms with van der Waals surface area (Å²) < 4.78 is 5.32. The lowest BCUT2D eigenvalue weighted by atomic mass is 10.1. The van der Waals surface area contributed by atoms with Crippen LogP contribution in [0.5, 0.6) is 5.75 Å². The molecule has 7 nitrogen and oxygen atoms in total.